The molecule has 0 saturated carbocycles. The molecule has 0 aromatic heterocycles. The number of aryl methyl sites for hydroxylation is 1. The highest BCUT2D eigenvalue weighted by Crippen LogP contribution is 2.20. The van der Waals surface area contributed by atoms with Crippen LogP contribution >= 0.6 is 0 Å². The second-order valence-electron chi connectivity index (χ2n) is 4.97. The lowest BCUT2D eigenvalue weighted by Gasteiger charge is -2.22. The molecule has 1 aromatic rings. The lowest BCUT2D eigenvalue weighted by Crippen LogP contribution is -2.33. The molecule has 1 unspecified atom stereocenters. The van der Waals surface area contributed by atoms with E-state index in [0.29, 0.717) is 12.6 Å². The molecule has 2 rings (SSSR count). The molecular formula is C15H21NO. The van der Waals surface area contributed by atoms with Gasteiger partial charge in [-0.05, 0) is 38.8 Å². The van der Waals surface area contributed by atoms with Crippen molar-refractivity contribution in [3.63, 3.8) is 0 Å². The molecule has 1 fully saturated rings. The van der Waals surface area contributed by atoms with Crippen LogP contribution in [0.1, 0.15) is 42.1 Å². The highest BCUT2D eigenvalue weighted by atomic mass is 16.1. The summed E-state index contributed by atoms with van der Waals surface area (Å²) < 4.78 is 0. The van der Waals surface area contributed by atoms with Crippen LogP contribution in [0.3, 0.4) is 0 Å². The third-order valence-corrected chi connectivity index (χ3v) is 3.66. The van der Waals surface area contributed by atoms with Gasteiger partial charge < -0.3 is 0 Å². The smallest absolute Gasteiger partial charge is 0.176 e. The number of likely N-dealkylation sites (tertiary alicyclic amines) is 1. The van der Waals surface area contributed by atoms with Gasteiger partial charge in [0.1, 0.15) is 0 Å². The molecule has 1 heterocycles. The molecule has 1 aliphatic heterocycles. The number of Topliss-reactive ketones (excluding diaryl/α,β-unsaturated/α-hetero) is 1. The van der Waals surface area contributed by atoms with Crippen molar-refractivity contribution >= 4 is 5.78 Å². The van der Waals surface area contributed by atoms with Crippen LogP contribution in [-0.2, 0) is 0 Å². The highest BCUT2D eigenvalue weighted by Gasteiger charge is 2.24. The van der Waals surface area contributed by atoms with Gasteiger partial charge in [0, 0.05) is 11.6 Å². The summed E-state index contributed by atoms with van der Waals surface area (Å²) in [6, 6.07) is 8.51. The van der Waals surface area contributed by atoms with Gasteiger partial charge in [-0.2, -0.15) is 0 Å². The van der Waals surface area contributed by atoms with E-state index in [-0.39, 0.29) is 5.78 Å². The molecule has 0 aliphatic carbocycles. The van der Waals surface area contributed by atoms with E-state index in [0.717, 1.165) is 24.1 Å². The Morgan fingerprint density at radius 3 is 3.00 bits per heavy atom. The van der Waals surface area contributed by atoms with Crippen molar-refractivity contribution in [2.75, 3.05) is 13.1 Å². The highest BCUT2D eigenvalue weighted by molar-refractivity contribution is 5.97. The fourth-order valence-electron chi connectivity index (χ4n) is 2.66. The van der Waals surface area contributed by atoms with Crippen molar-refractivity contribution in [3.8, 4) is 0 Å². The van der Waals surface area contributed by atoms with E-state index in [1.165, 1.54) is 12.8 Å². The first-order valence-electron chi connectivity index (χ1n) is 6.54. The Balaban J connectivity index is 2.01. The van der Waals surface area contributed by atoms with Crippen LogP contribution in [0.15, 0.2) is 24.3 Å². The van der Waals surface area contributed by atoms with Crippen LogP contribution in [0.5, 0.6) is 0 Å². The Morgan fingerprint density at radius 1 is 1.47 bits per heavy atom. The van der Waals surface area contributed by atoms with E-state index in [1.807, 2.05) is 31.2 Å². The predicted octanol–water partition coefficient (Wildman–Crippen LogP) is 3.05. The topological polar surface area (TPSA) is 20.3 Å². The molecule has 0 N–H and O–H groups in total. The van der Waals surface area contributed by atoms with Gasteiger partial charge in [-0.25, -0.2) is 0 Å². The summed E-state index contributed by atoms with van der Waals surface area (Å²) in [5.74, 6) is 0.258. The van der Waals surface area contributed by atoms with E-state index in [2.05, 4.69) is 11.8 Å². The minimum absolute atomic E-state index is 0.258. The quantitative estimate of drug-likeness (QED) is 0.742. The lowest BCUT2D eigenvalue weighted by molar-refractivity contribution is 0.0920. The number of hydrogen-bond acceptors (Lipinski definition) is 2. The zero-order valence-electron chi connectivity index (χ0n) is 10.8. The van der Waals surface area contributed by atoms with Crippen molar-refractivity contribution in [1.82, 2.24) is 4.90 Å². The molecule has 1 saturated heterocycles. The third-order valence-electron chi connectivity index (χ3n) is 3.66. The Labute approximate surface area is 104 Å². The molecule has 17 heavy (non-hydrogen) atoms. The third kappa shape index (κ3) is 2.95. The predicted molar refractivity (Wildman–Crippen MR) is 70.4 cm³/mol. The second-order valence-corrected chi connectivity index (χ2v) is 4.97. The number of hydrogen-bond donors (Lipinski definition) is 0. The first kappa shape index (κ1) is 12.3. The summed E-state index contributed by atoms with van der Waals surface area (Å²) in [6.45, 7) is 5.90. The number of carbonyl (C=O) groups is 1. The summed E-state index contributed by atoms with van der Waals surface area (Å²) in [5.41, 5.74) is 2.01. The summed E-state index contributed by atoms with van der Waals surface area (Å²) in [4.78, 5) is 14.5. The molecule has 2 heteroatoms. The fourth-order valence-corrected chi connectivity index (χ4v) is 2.66. The van der Waals surface area contributed by atoms with Gasteiger partial charge >= 0.3 is 0 Å². The minimum atomic E-state index is 0.258. The molecule has 92 valence electrons. The van der Waals surface area contributed by atoms with Crippen LogP contribution in [0.2, 0.25) is 0 Å². The van der Waals surface area contributed by atoms with E-state index >= 15 is 0 Å². The fraction of sp³-hybridized carbons (Fsp3) is 0.533. The Kier molecular flexibility index (Phi) is 3.95. The Bertz CT molecular complexity index is 400. The molecule has 1 atom stereocenters. The minimum Gasteiger partial charge on any atom is -0.293 e. The summed E-state index contributed by atoms with van der Waals surface area (Å²) in [6.07, 6.45) is 3.64. The van der Waals surface area contributed by atoms with Crippen molar-refractivity contribution in [2.24, 2.45) is 0 Å². The zero-order chi connectivity index (χ0) is 12.3. The van der Waals surface area contributed by atoms with Gasteiger partial charge in [0.2, 0.25) is 0 Å². The van der Waals surface area contributed by atoms with Gasteiger partial charge in [-0.3, -0.25) is 9.69 Å². The molecule has 0 spiro atoms. The summed E-state index contributed by atoms with van der Waals surface area (Å²) in [5, 5.41) is 0. The maximum atomic E-state index is 12.2. The Morgan fingerprint density at radius 2 is 2.29 bits per heavy atom. The summed E-state index contributed by atoms with van der Waals surface area (Å²) >= 11 is 0. The van der Waals surface area contributed by atoms with Gasteiger partial charge in [-0.1, -0.05) is 30.7 Å². The van der Waals surface area contributed by atoms with Crippen molar-refractivity contribution in [3.05, 3.63) is 35.4 Å². The van der Waals surface area contributed by atoms with Crippen molar-refractivity contribution < 1.29 is 4.79 Å². The molecule has 0 radical (unpaired) electrons. The number of benzene rings is 1. The molecule has 0 bridgehead atoms. The van der Waals surface area contributed by atoms with Gasteiger partial charge in [0.25, 0.3) is 0 Å². The first-order valence-corrected chi connectivity index (χ1v) is 6.54. The van der Waals surface area contributed by atoms with Crippen LogP contribution in [0.4, 0.5) is 0 Å². The first-order chi connectivity index (χ1) is 8.20. The molecule has 0 amide bonds. The monoisotopic (exact) mass is 231 g/mol. The average Bonchev–Trinajstić information content (AvgIpc) is 2.76. The average molecular weight is 231 g/mol. The van der Waals surface area contributed by atoms with E-state index in [9.17, 15) is 4.79 Å². The van der Waals surface area contributed by atoms with Crippen LogP contribution < -0.4 is 0 Å². The van der Waals surface area contributed by atoms with Gasteiger partial charge in [0.15, 0.2) is 5.78 Å². The number of rotatable bonds is 4. The van der Waals surface area contributed by atoms with Crippen LogP contribution in [0.25, 0.3) is 0 Å². The summed E-state index contributed by atoms with van der Waals surface area (Å²) in [7, 11) is 0. The van der Waals surface area contributed by atoms with Crippen LogP contribution in [-0.4, -0.2) is 29.8 Å². The van der Waals surface area contributed by atoms with Crippen LogP contribution in [0, 0.1) is 6.92 Å². The molecule has 2 nitrogen and oxygen atoms in total. The van der Waals surface area contributed by atoms with E-state index in [1.54, 1.807) is 0 Å². The normalized spacial score (nSPS) is 20.7. The maximum absolute atomic E-state index is 12.2. The molecular weight excluding hydrogens is 210 g/mol. The van der Waals surface area contributed by atoms with E-state index in [4.69, 9.17) is 0 Å². The molecule has 1 aromatic carbocycles. The van der Waals surface area contributed by atoms with Crippen molar-refractivity contribution in [1.29, 1.82) is 0 Å². The molecule has 1 aliphatic rings. The van der Waals surface area contributed by atoms with Gasteiger partial charge in [-0.15, -0.1) is 0 Å². The van der Waals surface area contributed by atoms with E-state index < -0.39 is 0 Å². The van der Waals surface area contributed by atoms with Gasteiger partial charge in [0.05, 0.1) is 6.54 Å². The zero-order valence-corrected chi connectivity index (χ0v) is 10.8. The number of ketones is 1. The largest absolute Gasteiger partial charge is 0.293 e. The Hall–Kier alpha value is -1.15. The van der Waals surface area contributed by atoms with Crippen molar-refractivity contribution in [2.45, 2.75) is 39.2 Å². The maximum Gasteiger partial charge on any atom is 0.176 e. The number of nitrogens with zero attached hydrogens (tertiary/aromatic N) is 1. The SMILES string of the molecule is CCC1CCCN1CC(=O)c1cccc(C)c1. The number of carbonyl (C=O) groups excluding carboxylic acids is 1. The second kappa shape index (κ2) is 5.46. The lowest BCUT2D eigenvalue weighted by atomic mass is 10.1. The standard InChI is InChI=1S/C15H21NO/c1-3-14-8-5-9-16(14)11-15(17)13-7-4-6-12(2)10-13/h4,6-7,10,14H,3,5,8-9,11H2,1-2H3.